The summed E-state index contributed by atoms with van der Waals surface area (Å²) in [6, 6.07) is 12.5. The van der Waals surface area contributed by atoms with Crippen molar-refractivity contribution in [1.82, 2.24) is 4.98 Å². The SMILES string of the molecule is CCCCS(=O)c1sc2nc(C3CC3)cc(-c3ccccc3)c2c1N. The van der Waals surface area contributed by atoms with Crippen LogP contribution in [0.3, 0.4) is 0 Å². The van der Waals surface area contributed by atoms with Gasteiger partial charge in [0.2, 0.25) is 0 Å². The van der Waals surface area contributed by atoms with Crippen molar-refractivity contribution in [3.8, 4) is 11.1 Å². The van der Waals surface area contributed by atoms with Gasteiger partial charge in [0, 0.05) is 22.8 Å². The molecular formula is C20H22N2OS2. The van der Waals surface area contributed by atoms with E-state index in [4.69, 9.17) is 10.7 Å². The number of unbranched alkanes of at least 4 members (excludes halogenated alkanes) is 1. The van der Waals surface area contributed by atoms with Crippen LogP contribution in [0, 0.1) is 0 Å². The number of pyridine rings is 1. The maximum absolute atomic E-state index is 12.7. The van der Waals surface area contributed by atoms with Crippen LogP contribution >= 0.6 is 11.3 Å². The summed E-state index contributed by atoms with van der Waals surface area (Å²) in [5, 5.41) is 0.973. The Morgan fingerprint density at radius 1 is 1.28 bits per heavy atom. The van der Waals surface area contributed by atoms with E-state index in [0.29, 0.717) is 17.4 Å². The quantitative estimate of drug-likeness (QED) is 0.638. The van der Waals surface area contributed by atoms with Gasteiger partial charge in [-0.05, 0) is 36.5 Å². The van der Waals surface area contributed by atoms with Crippen molar-refractivity contribution in [1.29, 1.82) is 0 Å². The minimum atomic E-state index is -1.04. The van der Waals surface area contributed by atoms with E-state index in [1.165, 1.54) is 24.2 Å². The van der Waals surface area contributed by atoms with Gasteiger partial charge in [0.15, 0.2) is 0 Å². The fourth-order valence-corrected chi connectivity index (χ4v) is 5.89. The summed E-state index contributed by atoms with van der Waals surface area (Å²) in [5.41, 5.74) is 10.5. The van der Waals surface area contributed by atoms with Crippen LogP contribution in [0.25, 0.3) is 21.3 Å². The molecule has 1 atom stereocenters. The summed E-state index contributed by atoms with van der Waals surface area (Å²) in [5.74, 6) is 1.24. The number of hydrogen-bond acceptors (Lipinski definition) is 4. The fraction of sp³-hybridized carbons (Fsp3) is 0.350. The number of anilines is 1. The average molecular weight is 371 g/mol. The highest BCUT2D eigenvalue weighted by atomic mass is 32.2. The van der Waals surface area contributed by atoms with E-state index >= 15 is 0 Å². The molecule has 130 valence electrons. The van der Waals surface area contributed by atoms with E-state index in [2.05, 4.69) is 25.1 Å². The number of aromatic nitrogens is 1. The molecule has 1 fully saturated rings. The number of nitrogen functional groups attached to an aromatic ring is 1. The van der Waals surface area contributed by atoms with Crippen molar-refractivity contribution in [3.05, 3.63) is 42.1 Å². The lowest BCUT2D eigenvalue weighted by molar-refractivity contribution is 0.681. The molecule has 1 saturated carbocycles. The summed E-state index contributed by atoms with van der Waals surface area (Å²) >= 11 is 1.51. The minimum absolute atomic E-state index is 0.573. The molecule has 0 spiro atoms. The molecule has 0 radical (unpaired) electrons. The predicted octanol–water partition coefficient (Wildman–Crippen LogP) is 5.33. The maximum atomic E-state index is 12.7. The first-order chi connectivity index (χ1) is 12.2. The standard InChI is InChI=1S/C20H22N2OS2/c1-2-3-11-25(23)20-18(21)17-15(13-7-5-4-6-8-13)12-16(14-9-10-14)22-19(17)24-20/h4-8,12,14H,2-3,9-11,21H2,1H3. The molecule has 1 unspecified atom stereocenters. The van der Waals surface area contributed by atoms with E-state index < -0.39 is 10.8 Å². The molecule has 2 N–H and O–H groups in total. The highest BCUT2D eigenvalue weighted by molar-refractivity contribution is 7.87. The smallest absolute Gasteiger partial charge is 0.127 e. The van der Waals surface area contributed by atoms with Crippen LogP contribution in [0.5, 0.6) is 0 Å². The Morgan fingerprint density at radius 2 is 2.04 bits per heavy atom. The second kappa shape index (κ2) is 6.89. The summed E-state index contributed by atoms with van der Waals surface area (Å²) in [7, 11) is -1.04. The first-order valence-electron chi connectivity index (χ1n) is 8.85. The molecule has 0 bridgehead atoms. The highest BCUT2D eigenvalue weighted by Gasteiger charge is 2.28. The second-order valence-corrected chi connectivity index (χ2v) is 9.39. The lowest BCUT2D eigenvalue weighted by Gasteiger charge is -2.08. The molecule has 1 aromatic carbocycles. The van der Waals surface area contributed by atoms with E-state index in [1.807, 2.05) is 18.2 Å². The van der Waals surface area contributed by atoms with Crippen LogP contribution in [0.2, 0.25) is 0 Å². The van der Waals surface area contributed by atoms with Gasteiger partial charge in [-0.3, -0.25) is 4.21 Å². The van der Waals surface area contributed by atoms with Gasteiger partial charge in [0.05, 0.1) is 16.5 Å². The number of rotatable bonds is 6. The van der Waals surface area contributed by atoms with Gasteiger partial charge in [0.1, 0.15) is 9.04 Å². The summed E-state index contributed by atoms with van der Waals surface area (Å²) in [6.45, 7) is 2.11. The molecule has 5 heteroatoms. The topological polar surface area (TPSA) is 56.0 Å². The Labute approximate surface area is 154 Å². The van der Waals surface area contributed by atoms with E-state index in [1.54, 1.807) is 0 Å². The first-order valence-corrected chi connectivity index (χ1v) is 11.0. The van der Waals surface area contributed by atoms with Crippen LogP contribution in [-0.2, 0) is 10.8 Å². The van der Waals surface area contributed by atoms with Gasteiger partial charge in [-0.1, -0.05) is 43.7 Å². The summed E-state index contributed by atoms with van der Waals surface area (Å²) in [6.07, 6.45) is 4.41. The minimum Gasteiger partial charge on any atom is -0.396 e. The van der Waals surface area contributed by atoms with Crippen molar-refractivity contribution in [3.63, 3.8) is 0 Å². The predicted molar refractivity (Wildman–Crippen MR) is 108 cm³/mol. The third-order valence-electron chi connectivity index (χ3n) is 4.66. The fourth-order valence-electron chi connectivity index (χ4n) is 3.09. The molecule has 0 amide bonds. The van der Waals surface area contributed by atoms with Gasteiger partial charge in [-0.2, -0.15) is 0 Å². The summed E-state index contributed by atoms with van der Waals surface area (Å²) < 4.78 is 13.5. The van der Waals surface area contributed by atoms with Crippen molar-refractivity contribution in [2.24, 2.45) is 0 Å². The molecule has 1 aliphatic rings. The number of thiophene rings is 1. The number of fused-ring (bicyclic) bond motifs is 1. The normalized spacial score (nSPS) is 15.6. The van der Waals surface area contributed by atoms with Crippen LogP contribution < -0.4 is 5.73 Å². The zero-order valence-electron chi connectivity index (χ0n) is 14.3. The molecular weight excluding hydrogens is 348 g/mol. The van der Waals surface area contributed by atoms with Crippen molar-refractivity contribution in [2.75, 3.05) is 11.5 Å². The van der Waals surface area contributed by atoms with Gasteiger partial charge < -0.3 is 5.73 Å². The van der Waals surface area contributed by atoms with Crippen LogP contribution in [0.15, 0.2) is 40.6 Å². The van der Waals surface area contributed by atoms with E-state index in [9.17, 15) is 4.21 Å². The molecule has 3 nitrogen and oxygen atoms in total. The van der Waals surface area contributed by atoms with Gasteiger partial charge in [0.25, 0.3) is 0 Å². The summed E-state index contributed by atoms with van der Waals surface area (Å²) in [4.78, 5) is 5.80. The monoisotopic (exact) mass is 370 g/mol. The van der Waals surface area contributed by atoms with Crippen LogP contribution in [0.1, 0.15) is 44.2 Å². The maximum Gasteiger partial charge on any atom is 0.127 e. The van der Waals surface area contributed by atoms with E-state index in [0.717, 1.165) is 44.1 Å². The zero-order chi connectivity index (χ0) is 17.4. The van der Waals surface area contributed by atoms with Crippen molar-refractivity contribution < 1.29 is 4.21 Å². The lowest BCUT2D eigenvalue weighted by atomic mass is 10.0. The average Bonchev–Trinajstić information content (AvgIpc) is 3.44. The number of nitrogens with two attached hydrogens (primary N) is 1. The number of nitrogens with zero attached hydrogens (tertiary/aromatic N) is 1. The zero-order valence-corrected chi connectivity index (χ0v) is 16.0. The molecule has 3 aromatic rings. The van der Waals surface area contributed by atoms with Gasteiger partial charge in [-0.15, -0.1) is 11.3 Å². The molecule has 25 heavy (non-hydrogen) atoms. The second-order valence-electron chi connectivity index (χ2n) is 6.62. The molecule has 0 aliphatic heterocycles. The Kier molecular flexibility index (Phi) is 4.61. The highest BCUT2D eigenvalue weighted by Crippen LogP contribution is 2.46. The van der Waals surface area contributed by atoms with Crippen LogP contribution in [0.4, 0.5) is 5.69 Å². The largest absolute Gasteiger partial charge is 0.396 e. The van der Waals surface area contributed by atoms with Gasteiger partial charge >= 0.3 is 0 Å². The molecule has 2 heterocycles. The molecule has 2 aromatic heterocycles. The Hall–Kier alpha value is -1.72. The first kappa shape index (κ1) is 16.7. The Morgan fingerprint density at radius 3 is 2.72 bits per heavy atom. The third kappa shape index (κ3) is 3.23. The molecule has 4 rings (SSSR count). The van der Waals surface area contributed by atoms with E-state index in [-0.39, 0.29) is 0 Å². The van der Waals surface area contributed by atoms with Crippen molar-refractivity contribution >= 4 is 38.0 Å². The number of hydrogen-bond donors (Lipinski definition) is 1. The lowest BCUT2D eigenvalue weighted by Crippen LogP contribution is -1.99. The third-order valence-corrected chi connectivity index (χ3v) is 7.65. The Balaban J connectivity index is 1.90. The number of benzene rings is 1. The van der Waals surface area contributed by atoms with Crippen molar-refractivity contribution in [2.45, 2.75) is 42.7 Å². The molecule has 0 saturated heterocycles. The van der Waals surface area contributed by atoms with Gasteiger partial charge in [-0.25, -0.2) is 4.98 Å². The van der Waals surface area contributed by atoms with Crippen LogP contribution in [-0.4, -0.2) is 14.9 Å². The Bertz CT molecular complexity index is 930. The molecule has 1 aliphatic carbocycles.